The summed E-state index contributed by atoms with van der Waals surface area (Å²) in [5, 5.41) is 10.6. The van der Waals surface area contributed by atoms with Crippen LogP contribution in [0.25, 0.3) is 0 Å². The lowest BCUT2D eigenvalue weighted by molar-refractivity contribution is -0.136. The molecular formula is C20H30N2O2. The van der Waals surface area contributed by atoms with Crippen LogP contribution >= 0.6 is 0 Å². The molecule has 1 amide bonds. The molecule has 1 saturated heterocycles. The molecule has 1 aromatic carbocycles. The topological polar surface area (TPSA) is 43.8 Å². The van der Waals surface area contributed by atoms with E-state index < -0.39 is 0 Å². The van der Waals surface area contributed by atoms with Crippen LogP contribution in [0.1, 0.15) is 49.8 Å². The van der Waals surface area contributed by atoms with Gasteiger partial charge in [0.1, 0.15) is 0 Å². The summed E-state index contributed by atoms with van der Waals surface area (Å²) < 4.78 is 0. The zero-order valence-corrected chi connectivity index (χ0v) is 14.9. The van der Waals surface area contributed by atoms with Gasteiger partial charge in [-0.2, -0.15) is 0 Å². The molecule has 2 aliphatic rings. The first kappa shape index (κ1) is 17.4. The SMILES string of the molecule is CCCCN(C)C(=O)C1CCN([C@H]2Cc3ccccc3[C@H]2O)CC1. The minimum Gasteiger partial charge on any atom is -0.387 e. The van der Waals surface area contributed by atoms with Crippen LogP contribution in [-0.2, 0) is 11.2 Å². The van der Waals surface area contributed by atoms with E-state index in [1.807, 2.05) is 30.1 Å². The van der Waals surface area contributed by atoms with Crippen molar-refractivity contribution in [2.45, 2.75) is 51.2 Å². The summed E-state index contributed by atoms with van der Waals surface area (Å²) in [5.74, 6) is 0.461. The first-order chi connectivity index (χ1) is 11.6. The molecule has 132 valence electrons. The number of benzene rings is 1. The fourth-order valence-electron chi connectivity index (χ4n) is 4.18. The van der Waals surface area contributed by atoms with Crippen molar-refractivity contribution < 1.29 is 9.90 Å². The monoisotopic (exact) mass is 330 g/mol. The first-order valence-corrected chi connectivity index (χ1v) is 9.36. The van der Waals surface area contributed by atoms with Gasteiger partial charge in [-0.1, -0.05) is 37.6 Å². The highest BCUT2D eigenvalue weighted by Crippen LogP contribution is 2.36. The summed E-state index contributed by atoms with van der Waals surface area (Å²) in [5.41, 5.74) is 2.35. The molecule has 0 bridgehead atoms. The molecular weight excluding hydrogens is 300 g/mol. The quantitative estimate of drug-likeness (QED) is 0.902. The highest BCUT2D eigenvalue weighted by atomic mass is 16.3. The fraction of sp³-hybridized carbons (Fsp3) is 0.650. The van der Waals surface area contributed by atoms with E-state index in [1.165, 1.54) is 5.56 Å². The average molecular weight is 330 g/mol. The minimum absolute atomic E-state index is 0.157. The molecule has 0 radical (unpaired) electrons. The Morgan fingerprint density at radius 2 is 2.00 bits per heavy atom. The van der Waals surface area contributed by atoms with Gasteiger partial charge in [-0.15, -0.1) is 0 Å². The van der Waals surface area contributed by atoms with Crippen LogP contribution in [0, 0.1) is 5.92 Å². The van der Waals surface area contributed by atoms with Crippen molar-refractivity contribution in [2.24, 2.45) is 5.92 Å². The van der Waals surface area contributed by atoms with Gasteiger partial charge in [-0.3, -0.25) is 9.69 Å². The molecule has 3 rings (SSSR count). The summed E-state index contributed by atoms with van der Waals surface area (Å²) in [6.45, 7) is 4.84. The predicted octanol–water partition coefficient (Wildman–Crippen LogP) is 2.62. The Morgan fingerprint density at radius 1 is 1.29 bits per heavy atom. The molecule has 0 unspecified atom stereocenters. The number of nitrogens with zero attached hydrogens (tertiary/aromatic N) is 2. The molecule has 0 saturated carbocycles. The largest absolute Gasteiger partial charge is 0.387 e. The molecule has 0 aromatic heterocycles. The summed E-state index contributed by atoms with van der Waals surface area (Å²) in [6.07, 6.45) is 4.56. The van der Waals surface area contributed by atoms with Crippen LogP contribution in [0.3, 0.4) is 0 Å². The first-order valence-electron chi connectivity index (χ1n) is 9.36. The standard InChI is InChI=1S/C20H30N2O2/c1-3-4-11-21(2)20(24)15-9-12-22(13-10-15)18-14-16-7-5-6-8-17(16)19(18)23/h5-8,15,18-19,23H,3-4,9-14H2,1-2H3/t18-,19+/m0/s1. The number of amides is 1. The van der Waals surface area contributed by atoms with Crippen LogP contribution in [0.2, 0.25) is 0 Å². The number of likely N-dealkylation sites (tertiary alicyclic amines) is 1. The molecule has 1 heterocycles. The Balaban J connectivity index is 1.54. The predicted molar refractivity (Wildman–Crippen MR) is 95.7 cm³/mol. The van der Waals surface area contributed by atoms with Crippen molar-refractivity contribution in [1.82, 2.24) is 9.80 Å². The number of fused-ring (bicyclic) bond motifs is 1. The Bertz CT molecular complexity index is 567. The Labute approximate surface area is 145 Å². The van der Waals surface area contributed by atoms with Crippen molar-refractivity contribution in [2.75, 3.05) is 26.7 Å². The van der Waals surface area contributed by atoms with E-state index in [4.69, 9.17) is 0 Å². The second kappa shape index (κ2) is 7.66. The van der Waals surface area contributed by atoms with E-state index in [-0.39, 0.29) is 18.1 Å². The lowest BCUT2D eigenvalue weighted by Crippen LogP contribution is -2.46. The highest BCUT2D eigenvalue weighted by molar-refractivity contribution is 5.78. The zero-order valence-electron chi connectivity index (χ0n) is 14.9. The van der Waals surface area contributed by atoms with Gasteiger partial charge in [0.05, 0.1) is 6.10 Å². The lowest BCUT2D eigenvalue weighted by atomic mass is 9.93. The van der Waals surface area contributed by atoms with Gasteiger partial charge in [-0.25, -0.2) is 0 Å². The molecule has 4 nitrogen and oxygen atoms in total. The maximum absolute atomic E-state index is 12.5. The maximum Gasteiger partial charge on any atom is 0.225 e. The summed E-state index contributed by atoms with van der Waals surface area (Å²) >= 11 is 0. The molecule has 4 heteroatoms. The van der Waals surface area contributed by atoms with Crippen molar-refractivity contribution in [3.63, 3.8) is 0 Å². The van der Waals surface area contributed by atoms with Gasteiger partial charge in [0.25, 0.3) is 0 Å². The number of rotatable bonds is 5. The van der Waals surface area contributed by atoms with Crippen LogP contribution in [0.5, 0.6) is 0 Å². The number of carbonyl (C=O) groups is 1. The third kappa shape index (κ3) is 3.50. The Morgan fingerprint density at radius 3 is 2.67 bits per heavy atom. The van der Waals surface area contributed by atoms with Crippen molar-refractivity contribution in [1.29, 1.82) is 0 Å². The molecule has 0 spiro atoms. The normalized spacial score (nSPS) is 24.8. The zero-order chi connectivity index (χ0) is 17.1. The van der Waals surface area contributed by atoms with Crippen LogP contribution in [0.15, 0.2) is 24.3 Å². The summed E-state index contributed by atoms with van der Waals surface area (Å²) in [7, 11) is 1.93. The van der Waals surface area contributed by atoms with E-state index in [2.05, 4.69) is 17.9 Å². The number of hydrogen-bond acceptors (Lipinski definition) is 3. The molecule has 1 aromatic rings. The number of aliphatic hydroxyl groups excluding tert-OH is 1. The number of carbonyl (C=O) groups excluding carboxylic acids is 1. The summed E-state index contributed by atoms with van der Waals surface area (Å²) in [6, 6.07) is 8.39. The number of hydrogen-bond donors (Lipinski definition) is 1. The van der Waals surface area contributed by atoms with E-state index in [0.717, 1.165) is 57.3 Å². The molecule has 1 aliphatic heterocycles. The third-order valence-corrected chi connectivity index (χ3v) is 5.74. The molecule has 2 atom stereocenters. The van der Waals surface area contributed by atoms with Gasteiger partial charge in [0, 0.05) is 25.6 Å². The Hall–Kier alpha value is -1.39. The maximum atomic E-state index is 12.5. The minimum atomic E-state index is -0.388. The van der Waals surface area contributed by atoms with Crippen molar-refractivity contribution >= 4 is 5.91 Å². The van der Waals surface area contributed by atoms with Crippen LogP contribution < -0.4 is 0 Å². The number of aliphatic hydroxyl groups is 1. The van der Waals surface area contributed by atoms with Gasteiger partial charge >= 0.3 is 0 Å². The van der Waals surface area contributed by atoms with Crippen LogP contribution in [-0.4, -0.2) is 53.5 Å². The number of piperidine rings is 1. The second-order valence-corrected chi connectivity index (χ2v) is 7.34. The smallest absolute Gasteiger partial charge is 0.225 e. The fourth-order valence-corrected chi connectivity index (χ4v) is 4.18. The summed E-state index contributed by atoms with van der Waals surface area (Å²) in [4.78, 5) is 16.8. The van der Waals surface area contributed by atoms with Crippen molar-refractivity contribution in [3.05, 3.63) is 35.4 Å². The van der Waals surface area contributed by atoms with Gasteiger partial charge in [0.15, 0.2) is 0 Å². The molecule has 1 N–H and O–H groups in total. The van der Waals surface area contributed by atoms with Crippen LogP contribution in [0.4, 0.5) is 0 Å². The van der Waals surface area contributed by atoms with Gasteiger partial charge in [0.2, 0.25) is 5.91 Å². The van der Waals surface area contributed by atoms with Crippen molar-refractivity contribution in [3.8, 4) is 0 Å². The highest BCUT2D eigenvalue weighted by Gasteiger charge is 2.37. The van der Waals surface area contributed by atoms with E-state index in [9.17, 15) is 9.90 Å². The molecule has 24 heavy (non-hydrogen) atoms. The average Bonchev–Trinajstić information content (AvgIpc) is 2.96. The van der Waals surface area contributed by atoms with Gasteiger partial charge in [-0.05, 0) is 49.9 Å². The van der Waals surface area contributed by atoms with E-state index in [0.29, 0.717) is 5.91 Å². The number of unbranched alkanes of at least 4 members (excludes halogenated alkanes) is 1. The second-order valence-electron chi connectivity index (χ2n) is 7.34. The molecule has 1 aliphatic carbocycles. The lowest BCUT2D eigenvalue weighted by Gasteiger charge is -2.37. The Kier molecular flexibility index (Phi) is 5.57. The molecule has 1 fully saturated rings. The third-order valence-electron chi connectivity index (χ3n) is 5.74. The van der Waals surface area contributed by atoms with E-state index >= 15 is 0 Å². The van der Waals surface area contributed by atoms with E-state index in [1.54, 1.807) is 0 Å². The van der Waals surface area contributed by atoms with Gasteiger partial charge < -0.3 is 10.0 Å².